The molecule has 2 heterocycles. The predicted molar refractivity (Wildman–Crippen MR) is 135 cm³/mol. The number of ether oxygens (including phenoxy) is 1. The number of anilines is 1. The first-order valence-corrected chi connectivity index (χ1v) is 12.7. The number of aromatic nitrogens is 4. The molecule has 0 fully saturated rings. The number of rotatable bonds is 11. The fourth-order valence-corrected chi connectivity index (χ4v) is 5.15. The number of nitrogens with zero attached hydrogens (tertiary/aromatic N) is 5. The highest BCUT2D eigenvalue weighted by Gasteiger charge is 2.22. The molecule has 0 aliphatic heterocycles. The van der Waals surface area contributed by atoms with E-state index in [1.54, 1.807) is 25.0 Å². The largest absolute Gasteiger partial charge is 0.497 e. The second-order valence-electron chi connectivity index (χ2n) is 7.77. The highest BCUT2D eigenvalue weighted by molar-refractivity contribution is 7.81. The number of carbonyl (C=O) groups excluding carboxylic acids is 1. The van der Waals surface area contributed by atoms with Crippen LogP contribution >= 0.6 is 11.3 Å². The summed E-state index contributed by atoms with van der Waals surface area (Å²) in [6.07, 6.45) is 3.56. The van der Waals surface area contributed by atoms with Gasteiger partial charge in [-0.1, -0.05) is 59.0 Å². The molecule has 1 amide bonds. The first-order chi connectivity index (χ1) is 17.5. The molecule has 11 nitrogen and oxygen atoms in total. The molecule has 4 rings (SSSR count). The summed E-state index contributed by atoms with van der Waals surface area (Å²) < 4.78 is 30.1. The van der Waals surface area contributed by atoms with Crippen LogP contribution in [0.2, 0.25) is 0 Å². The third kappa shape index (κ3) is 6.31. The van der Waals surface area contributed by atoms with Crippen molar-refractivity contribution in [2.75, 3.05) is 11.4 Å². The van der Waals surface area contributed by atoms with Crippen LogP contribution in [0.15, 0.2) is 67.0 Å². The Labute approximate surface area is 213 Å². The van der Waals surface area contributed by atoms with E-state index in [4.69, 9.17) is 9.94 Å². The molecule has 36 heavy (non-hydrogen) atoms. The van der Waals surface area contributed by atoms with Crippen molar-refractivity contribution in [2.45, 2.75) is 25.4 Å². The smallest absolute Gasteiger partial charge is 0.262 e. The van der Waals surface area contributed by atoms with Crippen molar-refractivity contribution in [3.05, 3.63) is 78.2 Å². The summed E-state index contributed by atoms with van der Waals surface area (Å²) in [5.74, 6) is 0.142. The van der Waals surface area contributed by atoms with Gasteiger partial charge < -0.3 is 4.74 Å². The minimum atomic E-state index is -2.33. The lowest BCUT2D eigenvalue weighted by Crippen LogP contribution is -2.25. The number of hydrogen-bond donors (Lipinski definition) is 3. The molecule has 0 saturated carbocycles. The van der Waals surface area contributed by atoms with E-state index < -0.39 is 23.2 Å². The van der Waals surface area contributed by atoms with Gasteiger partial charge in [0.2, 0.25) is 5.91 Å². The third-order valence-electron chi connectivity index (χ3n) is 5.36. The number of carbonyl (C=O) groups is 1. The monoisotopic (exact) mass is 528 g/mol. The molecule has 2 atom stereocenters. The number of methoxy groups -OCH3 is 1. The van der Waals surface area contributed by atoms with Gasteiger partial charge in [-0.15, -0.1) is 5.10 Å². The van der Waals surface area contributed by atoms with Crippen LogP contribution in [0.4, 0.5) is 5.00 Å². The Hall–Kier alpha value is -3.65. The highest BCUT2D eigenvalue weighted by atomic mass is 32.2. The van der Waals surface area contributed by atoms with Gasteiger partial charge in [-0.05, 0) is 24.1 Å². The summed E-state index contributed by atoms with van der Waals surface area (Å²) in [5, 5.41) is 18.5. The van der Waals surface area contributed by atoms with Gasteiger partial charge in [0.05, 0.1) is 38.5 Å². The van der Waals surface area contributed by atoms with Crippen LogP contribution in [0.1, 0.15) is 23.7 Å². The van der Waals surface area contributed by atoms with Crippen LogP contribution in [0, 0.1) is 0 Å². The van der Waals surface area contributed by atoms with Gasteiger partial charge in [-0.2, -0.15) is 0 Å². The van der Waals surface area contributed by atoms with Gasteiger partial charge in [0, 0.05) is 5.56 Å². The van der Waals surface area contributed by atoms with E-state index in [0.717, 1.165) is 16.1 Å². The third-order valence-corrected chi connectivity index (χ3v) is 7.25. The van der Waals surface area contributed by atoms with Crippen LogP contribution in [0.3, 0.4) is 0 Å². The molecule has 0 saturated heterocycles. The van der Waals surface area contributed by atoms with Gasteiger partial charge >= 0.3 is 0 Å². The molecule has 4 aromatic rings. The predicted octanol–water partition coefficient (Wildman–Crippen LogP) is 3.23. The fourth-order valence-electron chi connectivity index (χ4n) is 3.57. The summed E-state index contributed by atoms with van der Waals surface area (Å²) >= 11 is -1.04. The van der Waals surface area contributed by atoms with E-state index in [1.807, 2.05) is 54.6 Å². The van der Waals surface area contributed by atoms with Crippen molar-refractivity contribution in [3.8, 4) is 16.3 Å². The van der Waals surface area contributed by atoms with Crippen LogP contribution in [0.5, 0.6) is 5.75 Å². The fraction of sp³-hybridized carbons (Fsp3) is 0.217. The highest BCUT2D eigenvalue weighted by Crippen LogP contribution is 2.32. The lowest BCUT2D eigenvalue weighted by Gasteiger charge is -2.17. The Balaban J connectivity index is 1.53. The minimum absolute atomic E-state index is 0.000979. The van der Waals surface area contributed by atoms with Crippen molar-refractivity contribution >= 4 is 33.5 Å². The van der Waals surface area contributed by atoms with Crippen molar-refractivity contribution in [1.82, 2.24) is 25.5 Å². The summed E-state index contributed by atoms with van der Waals surface area (Å²) in [4.78, 5) is 16.3. The van der Waals surface area contributed by atoms with Crippen molar-refractivity contribution < 1.29 is 23.5 Å². The van der Waals surface area contributed by atoms with E-state index in [-0.39, 0.29) is 13.0 Å². The van der Waals surface area contributed by atoms with Crippen LogP contribution < -0.4 is 14.5 Å². The molecule has 0 aliphatic rings. The molecule has 13 heteroatoms. The van der Waals surface area contributed by atoms with Crippen molar-refractivity contribution in [1.29, 1.82) is 0 Å². The number of nitrogens with one attached hydrogen (secondary N) is 1. The molecule has 3 N–H and O–H groups in total. The number of amides is 1. The van der Waals surface area contributed by atoms with E-state index >= 15 is 0 Å². The van der Waals surface area contributed by atoms with E-state index in [0.29, 0.717) is 22.9 Å². The quantitative estimate of drug-likeness (QED) is 0.153. The molecular weight excluding hydrogens is 504 g/mol. The Morgan fingerprint density at radius 3 is 2.64 bits per heavy atom. The van der Waals surface area contributed by atoms with Crippen molar-refractivity contribution in [2.24, 2.45) is 0 Å². The molecule has 0 aliphatic carbocycles. The second kappa shape index (κ2) is 11.9. The Kier molecular flexibility index (Phi) is 8.38. The second-order valence-corrected chi connectivity index (χ2v) is 9.68. The Bertz CT molecular complexity index is 1310. The lowest BCUT2D eigenvalue weighted by atomic mass is 10.0. The lowest BCUT2D eigenvalue weighted by molar-refractivity contribution is -0.130. The molecule has 2 aromatic heterocycles. The number of hydroxylamine groups is 1. The number of thiazole rings is 1. The maximum absolute atomic E-state index is 12.1. The van der Waals surface area contributed by atoms with Crippen LogP contribution in [-0.4, -0.2) is 47.0 Å². The first-order valence-electron chi connectivity index (χ1n) is 10.8. The summed E-state index contributed by atoms with van der Waals surface area (Å²) in [6.45, 7) is 0.000979. The standard InChI is InChI=1S/C23H24N6O5S2/c1-34-20-9-7-16(8-10-20)11-19(12-21(30)26-31)28-14-18(25-27-28)15-29(36(32)33)22-13-24-23(35-22)17-5-3-2-4-6-17/h2-10,13-14,19,31H,11-12,15H2,1H3,(H,26,30)(H,32,33)/t19-/m0/s1. The zero-order valence-corrected chi connectivity index (χ0v) is 20.9. The molecular formula is C23H24N6O5S2. The van der Waals surface area contributed by atoms with E-state index in [2.05, 4.69) is 15.3 Å². The zero-order valence-electron chi connectivity index (χ0n) is 19.2. The van der Waals surface area contributed by atoms with Gasteiger partial charge in [-0.25, -0.2) is 19.4 Å². The van der Waals surface area contributed by atoms with Gasteiger partial charge in [0.1, 0.15) is 21.5 Å². The van der Waals surface area contributed by atoms with Gasteiger partial charge in [-0.3, -0.25) is 18.9 Å². The molecule has 1 unspecified atom stereocenters. The summed E-state index contributed by atoms with van der Waals surface area (Å²) in [6, 6.07) is 16.5. The maximum Gasteiger partial charge on any atom is 0.262 e. The molecule has 0 spiro atoms. The Morgan fingerprint density at radius 1 is 1.22 bits per heavy atom. The number of hydrogen-bond acceptors (Lipinski definition) is 8. The van der Waals surface area contributed by atoms with E-state index in [1.165, 1.54) is 20.3 Å². The molecule has 0 radical (unpaired) electrons. The molecule has 2 aromatic carbocycles. The average Bonchev–Trinajstić information content (AvgIpc) is 3.58. The average molecular weight is 529 g/mol. The molecule has 188 valence electrons. The Morgan fingerprint density at radius 2 is 1.97 bits per heavy atom. The number of benzene rings is 2. The zero-order chi connectivity index (χ0) is 25.5. The van der Waals surface area contributed by atoms with Gasteiger partial charge in [0.15, 0.2) is 0 Å². The van der Waals surface area contributed by atoms with Crippen LogP contribution in [0.25, 0.3) is 10.6 Å². The minimum Gasteiger partial charge on any atom is -0.497 e. The topological polar surface area (TPSA) is 143 Å². The summed E-state index contributed by atoms with van der Waals surface area (Å²) in [7, 11) is 1.58. The maximum atomic E-state index is 12.1. The van der Waals surface area contributed by atoms with Crippen molar-refractivity contribution in [3.63, 3.8) is 0 Å². The molecule has 0 bridgehead atoms. The first kappa shape index (κ1) is 25.4. The van der Waals surface area contributed by atoms with Gasteiger partial charge in [0.25, 0.3) is 11.3 Å². The summed E-state index contributed by atoms with van der Waals surface area (Å²) in [5.41, 5.74) is 3.92. The normalized spacial score (nSPS) is 12.6. The van der Waals surface area contributed by atoms with E-state index in [9.17, 15) is 13.6 Å². The SMILES string of the molecule is COc1ccc(C[C@@H](CC(=O)NO)n2cc(CN(c3cnc(-c4ccccc4)s3)S(=O)O)nn2)cc1. The van der Waals surface area contributed by atoms with Crippen LogP contribution in [-0.2, 0) is 29.0 Å².